The van der Waals surface area contributed by atoms with Crippen molar-refractivity contribution in [1.29, 1.82) is 0 Å². The molecule has 4 nitrogen and oxygen atoms in total. The van der Waals surface area contributed by atoms with Gasteiger partial charge >= 0.3 is 0 Å². The van der Waals surface area contributed by atoms with E-state index in [4.69, 9.17) is 14.2 Å². The predicted octanol–water partition coefficient (Wildman–Crippen LogP) is 1.20. The van der Waals surface area contributed by atoms with Crippen LogP contribution in [-0.2, 0) is 14.2 Å². The van der Waals surface area contributed by atoms with Crippen molar-refractivity contribution in [2.45, 2.75) is 38.3 Å². The molecule has 96 valence electrons. The molecule has 0 saturated carbocycles. The van der Waals surface area contributed by atoms with Gasteiger partial charge in [-0.2, -0.15) is 0 Å². The summed E-state index contributed by atoms with van der Waals surface area (Å²) in [6, 6.07) is 0.460. The number of ether oxygens (including phenoxy) is 3. The number of hydrogen-bond donors (Lipinski definition) is 1. The summed E-state index contributed by atoms with van der Waals surface area (Å²) in [5.41, 5.74) is 0. The Balaban J connectivity index is 1.86. The van der Waals surface area contributed by atoms with Gasteiger partial charge in [0.2, 0.25) is 0 Å². The van der Waals surface area contributed by atoms with Crippen LogP contribution in [0.3, 0.4) is 0 Å². The van der Waals surface area contributed by atoms with Crippen LogP contribution in [0.1, 0.15) is 26.2 Å². The molecule has 1 aliphatic rings. The van der Waals surface area contributed by atoms with Crippen molar-refractivity contribution in [1.82, 2.24) is 5.32 Å². The minimum absolute atomic E-state index is 0.411. The fourth-order valence-corrected chi connectivity index (χ4v) is 1.88. The molecule has 0 amide bonds. The van der Waals surface area contributed by atoms with Gasteiger partial charge in [-0.3, -0.25) is 0 Å². The number of methoxy groups -OCH3 is 1. The summed E-state index contributed by atoms with van der Waals surface area (Å²) in [6.07, 6.45) is 3.85. The van der Waals surface area contributed by atoms with Crippen molar-refractivity contribution >= 4 is 0 Å². The fourth-order valence-electron chi connectivity index (χ4n) is 1.88. The molecule has 0 aromatic carbocycles. The highest BCUT2D eigenvalue weighted by Crippen LogP contribution is 2.15. The summed E-state index contributed by atoms with van der Waals surface area (Å²) < 4.78 is 15.9. The molecule has 16 heavy (non-hydrogen) atoms. The van der Waals surface area contributed by atoms with Gasteiger partial charge in [-0.1, -0.05) is 0 Å². The van der Waals surface area contributed by atoms with Gasteiger partial charge in [-0.15, -0.1) is 0 Å². The lowest BCUT2D eigenvalue weighted by atomic mass is 10.1. The summed E-state index contributed by atoms with van der Waals surface area (Å²) in [4.78, 5) is 0. The van der Waals surface area contributed by atoms with Crippen LogP contribution >= 0.6 is 0 Å². The van der Waals surface area contributed by atoms with Gasteiger partial charge in [0.15, 0.2) is 0 Å². The van der Waals surface area contributed by atoms with Crippen LogP contribution in [-0.4, -0.2) is 52.2 Å². The maximum atomic E-state index is 5.61. The van der Waals surface area contributed by atoms with Gasteiger partial charge in [0, 0.05) is 26.4 Å². The third-order valence-electron chi connectivity index (χ3n) is 2.89. The molecule has 0 radical (unpaired) electrons. The highest BCUT2D eigenvalue weighted by molar-refractivity contribution is 4.76. The average Bonchev–Trinajstić information content (AvgIpc) is 2.81. The molecular formula is C12H25NO3. The van der Waals surface area contributed by atoms with E-state index in [9.17, 15) is 0 Å². The number of hydrogen-bond acceptors (Lipinski definition) is 4. The highest BCUT2D eigenvalue weighted by Gasteiger charge is 2.21. The van der Waals surface area contributed by atoms with E-state index in [2.05, 4.69) is 12.2 Å². The number of rotatable bonds is 9. The number of nitrogens with one attached hydrogen (secondary N) is 1. The van der Waals surface area contributed by atoms with Crippen molar-refractivity contribution in [2.24, 2.45) is 0 Å². The molecule has 2 atom stereocenters. The molecule has 1 N–H and O–H groups in total. The fraction of sp³-hybridized carbons (Fsp3) is 1.00. The molecule has 1 heterocycles. The van der Waals surface area contributed by atoms with Crippen molar-refractivity contribution in [3.05, 3.63) is 0 Å². The van der Waals surface area contributed by atoms with Crippen molar-refractivity contribution < 1.29 is 14.2 Å². The van der Waals surface area contributed by atoms with E-state index in [1.54, 1.807) is 7.11 Å². The largest absolute Gasteiger partial charge is 0.382 e. The molecule has 4 heteroatoms. The Hall–Kier alpha value is -0.160. The minimum atomic E-state index is 0.411. The molecule has 1 rings (SSSR count). The van der Waals surface area contributed by atoms with Gasteiger partial charge in [-0.25, -0.2) is 0 Å². The van der Waals surface area contributed by atoms with Crippen LogP contribution in [0.15, 0.2) is 0 Å². The van der Waals surface area contributed by atoms with Crippen LogP contribution < -0.4 is 5.32 Å². The summed E-state index contributed by atoms with van der Waals surface area (Å²) in [7, 11) is 1.69. The van der Waals surface area contributed by atoms with Crippen molar-refractivity contribution in [2.75, 3.05) is 40.1 Å². The Labute approximate surface area is 98.6 Å². The van der Waals surface area contributed by atoms with Crippen LogP contribution in [0.2, 0.25) is 0 Å². The first kappa shape index (κ1) is 13.9. The van der Waals surface area contributed by atoms with Crippen LogP contribution in [0.4, 0.5) is 0 Å². The molecule has 1 fully saturated rings. The van der Waals surface area contributed by atoms with Crippen LogP contribution in [0.5, 0.6) is 0 Å². The third-order valence-corrected chi connectivity index (χ3v) is 2.89. The summed E-state index contributed by atoms with van der Waals surface area (Å²) in [5, 5.41) is 3.48. The lowest BCUT2D eigenvalue weighted by Crippen LogP contribution is -2.37. The molecule has 0 aromatic heterocycles. The van der Waals surface area contributed by atoms with Gasteiger partial charge in [0.25, 0.3) is 0 Å². The van der Waals surface area contributed by atoms with Gasteiger partial charge in [-0.05, 0) is 32.7 Å². The molecule has 0 aromatic rings. The minimum Gasteiger partial charge on any atom is -0.382 e. The van der Waals surface area contributed by atoms with E-state index < -0.39 is 0 Å². The first-order chi connectivity index (χ1) is 7.84. The quantitative estimate of drug-likeness (QED) is 0.605. The Morgan fingerprint density at radius 3 is 2.94 bits per heavy atom. The monoisotopic (exact) mass is 231 g/mol. The van der Waals surface area contributed by atoms with Gasteiger partial charge < -0.3 is 19.5 Å². The lowest BCUT2D eigenvalue weighted by Gasteiger charge is -2.19. The first-order valence-corrected chi connectivity index (χ1v) is 6.26. The normalized spacial score (nSPS) is 22.5. The smallest absolute Gasteiger partial charge is 0.0726 e. The van der Waals surface area contributed by atoms with E-state index in [0.29, 0.717) is 25.4 Å². The molecule has 1 saturated heterocycles. The van der Waals surface area contributed by atoms with Crippen LogP contribution in [0.25, 0.3) is 0 Å². The molecule has 0 bridgehead atoms. The Morgan fingerprint density at radius 2 is 2.25 bits per heavy atom. The third kappa shape index (κ3) is 5.80. The van der Waals surface area contributed by atoms with E-state index in [1.165, 1.54) is 12.8 Å². The lowest BCUT2D eigenvalue weighted by molar-refractivity contribution is 0.0655. The van der Waals surface area contributed by atoms with E-state index >= 15 is 0 Å². The Bertz CT molecular complexity index is 160. The maximum Gasteiger partial charge on any atom is 0.0726 e. The second kappa shape index (κ2) is 8.93. The maximum absolute atomic E-state index is 5.61. The second-order valence-corrected chi connectivity index (χ2v) is 4.25. The van der Waals surface area contributed by atoms with E-state index in [-0.39, 0.29) is 0 Å². The zero-order valence-electron chi connectivity index (χ0n) is 10.5. The Kier molecular flexibility index (Phi) is 7.76. The Morgan fingerprint density at radius 1 is 1.38 bits per heavy atom. The second-order valence-electron chi connectivity index (χ2n) is 4.25. The van der Waals surface area contributed by atoms with Crippen molar-refractivity contribution in [3.8, 4) is 0 Å². The molecular weight excluding hydrogens is 206 g/mol. The van der Waals surface area contributed by atoms with Crippen LogP contribution in [0, 0.1) is 0 Å². The summed E-state index contributed by atoms with van der Waals surface area (Å²) in [6.45, 7) is 6.29. The van der Waals surface area contributed by atoms with E-state index in [1.807, 2.05) is 0 Å². The van der Waals surface area contributed by atoms with Crippen molar-refractivity contribution in [3.63, 3.8) is 0 Å². The standard InChI is InChI=1S/C12H25NO3/c1-11(12-5-3-8-16-12)13-6-4-7-15-10-9-14-2/h11-13H,3-10H2,1-2H3. The topological polar surface area (TPSA) is 39.7 Å². The predicted molar refractivity (Wildman–Crippen MR) is 63.8 cm³/mol. The summed E-state index contributed by atoms with van der Waals surface area (Å²) >= 11 is 0. The zero-order valence-corrected chi connectivity index (χ0v) is 10.5. The van der Waals surface area contributed by atoms with Gasteiger partial charge in [0.05, 0.1) is 19.3 Å². The molecule has 1 aliphatic heterocycles. The average molecular weight is 231 g/mol. The molecule has 2 unspecified atom stereocenters. The SMILES string of the molecule is COCCOCCCNC(C)C1CCCO1. The zero-order chi connectivity index (χ0) is 11.6. The van der Waals surface area contributed by atoms with E-state index in [0.717, 1.165) is 26.2 Å². The summed E-state index contributed by atoms with van der Waals surface area (Å²) in [5.74, 6) is 0. The van der Waals surface area contributed by atoms with Gasteiger partial charge in [0.1, 0.15) is 0 Å². The highest BCUT2D eigenvalue weighted by atomic mass is 16.5. The first-order valence-electron chi connectivity index (χ1n) is 6.26. The molecule has 0 spiro atoms. The molecule has 0 aliphatic carbocycles.